The Hall–Kier alpha value is -6.85. The van der Waals surface area contributed by atoms with Crippen LogP contribution in [-0.4, -0.2) is 19.5 Å². The third kappa shape index (κ3) is 8.27. The Labute approximate surface area is 455 Å². The third-order valence-electron chi connectivity index (χ3n) is 20.9. The van der Waals surface area contributed by atoms with Crippen molar-refractivity contribution >= 4 is 43.7 Å². The van der Waals surface area contributed by atoms with Gasteiger partial charge in [-0.3, -0.25) is 0 Å². The molecule has 388 valence electrons. The van der Waals surface area contributed by atoms with Crippen LogP contribution in [0.3, 0.4) is 0 Å². The maximum atomic E-state index is 6.63. The average Bonchev–Trinajstić information content (AvgIpc) is 4.35. The molecule has 0 bridgehead atoms. The number of aromatic nitrogens is 4. The highest BCUT2D eigenvalue weighted by Gasteiger charge is 2.60. The van der Waals surface area contributed by atoms with E-state index in [4.69, 9.17) is 19.4 Å². The number of hydrogen-bond acceptors (Lipinski definition) is 4. The maximum Gasteiger partial charge on any atom is 0.164 e. The van der Waals surface area contributed by atoms with Crippen LogP contribution in [-0.2, 0) is 0 Å². The van der Waals surface area contributed by atoms with Gasteiger partial charge in [-0.15, -0.1) is 0 Å². The second-order valence-electron chi connectivity index (χ2n) is 25.4. The molecular formula is C72H74N4O. The molecule has 0 N–H and O–H groups in total. The molecule has 0 aliphatic heterocycles. The summed E-state index contributed by atoms with van der Waals surface area (Å²) < 4.78 is 8.99. The SMILES string of the molecule is CC(C)CCC[C@@H](C)[C@H]1CCC2[C@@H]3CCC4CC(c5ccc(-c6nc(-c7ccccc7)nc(-c7cccc8oc9ccc(-c%10ccc%11c(c%10)c%10ccccc%10n%11-c%10ccccc%10)cc9c78)n6)cc5)CC[C@]4(C)C3CC[C@@]21C. The second-order valence-corrected chi connectivity index (χ2v) is 25.4. The molecule has 4 unspecified atom stereocenters. The van der Waals surface area contributed by atoms with Crippen molar-refractivity contribution in [1.29, 1.82) is 0 Å². The van der Waals surface area contributed by atoms with Gasteiger partial charge in [0.25, 0.3) is 0 Å². The molecule has 3 heterocycles. The van der Waals surface area contributed by atoms with Crippen LogP contribution >= 0.6 is 0 Å². The predicted molar refractivity (Wildman–Crippen MR) is 319 cm³/mol. The van der Waals surface area contributed by atoms with Gasteiger partial charge in [0.15, 0.2) is 17.5 Å². The molecule has 4 aliphatic carbocycles. The summed E-state index contributed by atoms with van der Waals surface area (Å²) >= 11 is 0. The molecule has 4 fully saturated rings. The molecule has 14 rings (SSSR count). The molecule has 0 radical (unpaired) electrons. The van der Waals surface area contributed by atoms with E-state index in [1.807, 2.05) is 6.07 Å². The molecule has 5 heteroatoms. The fourth-order valence-electron chi connectivity index (χ4n) is 17.0. The highest BCUT2D eigenvalue weighted by molar-refractivity contribution is 6.14. The first-order valence-corrected chi connectivity index (χ1v) is 29.6. The zero-order chi connectivity index (χ0) is 52.0. The Kier molecular flexibility index (Phi) is 12.1. The Morgan fingerprint density at radius 1 is 0.532 bits per heavy atom. The second kappa shape index (κ2) is 19.3. The van der Waals surface area contributed by atoms with Crippen LogP contribution in [0, 0.1) is 52.3 Å². The van der Waals surface area contributed by atoms with E-state index in [1.54, 1.807) is 0 Å². The number of benzene rings is 7. The molecule has 4 saturated carbocycles. The number of rotatable bonds is 11. The standard InChI is InChI=1S/C72H74N4O/c1-45(2)16-14-17-46(3)60-34-35-61-56-33-32-53-42-52(38-40-71(53,4)62(56)39-41-72(60,61)5)47-26-28-49(29-27-47)69-73-68(48-18-8-6-9-19-48)74-70(75-69)57-23-15-25-66-67(57)59-44-51(31-37-65(59)77-66)50-30-36-64-58(43-50)55-22-12-13-24-63(55)76(64)54-20-10-7-11-21-54/h6-13,15,18-31,36-37,43-46,52-53,56,60-62H,14,16-17,32-35,38-42H2,1-5H3/t46-,52?,53?,56+,60-,61?,62?,71+,72-/m1/s1. The van der Waals surface area contributed by atoms with Gasteiger partial charge in [-0.05, 0) is 181 Å². The summed E-state index contributed by atoms with van der Waals surface area (Å²) in [5, 5.41) is 4.51. The monoisotopic (exact) mass is 1010 g/mol. The van der Waals surface area contributed by atoms with Crippen molar-refractivity contribution in [2.45, 2.75) is 118 Å². The van der Waals surface area contributed by atoms with Crippen LogP contribution in [0.1, 0.15) is 123 Å². The molecule has 0 saturated heterocycles. The topological polar surface area (TPSA) is 56.7 Å². The number of para-hydroxylation sites is 2. The first-order valence-electron chi connectivity index (χ1n) is 29.6. The predicted octanol–water partition coefficient (Wildman–Crippen LogP) is 19.7. The number of nitrogens with zero attached hydrogens (tertiary/aromatic N) is 4. The van der Waals surface area contributed by atoms with Crippen molar-refractivity contribution in [3.8, 4) is 51.0 Å². The summed E-state index contributed by atoms with van der Waals surface area (Å²) in [5.74, 6) is 8.79. The Bertz CT molecular complexity index is 3800. The first kappa shape index (κ1) is 48.5. The van der Waals surface area contributed by atoms with Gasteiger partial charge in [0, 0.05) is 43.9 Å². The first-order chi connectivity index (χ1) is 37.6. The smallest absolute Gasteiger partial charge is 0.164 e. The fourth-order valence-corrected chi connectivity index (χ4v) is 17.0. The van der Waals surface area contributed by atoms with Crippen molar-refractivity contribution in [3.05, 3.63) is 169 Å². The highest BCUT2D eigenvalue weighted by Crippen LogP contribution is 2.69. The van der Waals surface area contributed by atoms with Gasteiger partial charge < -0.3 is 8.98 Å². The highest BCUT2D eigenvalue weighted by atomic mass is 16.3. The van der Waals surface area contributed by atoms with E-state index >= 15 is 0 Å². The van der Waals surface area contributed by atoms with Crippen LogP contribution in [0.2, 0.25) is 0 Å². The zero-order valence-electron chi connectivity index (χ0n) is 45.9. The fraction of sp³-hybridized carbons (Fsp3) is 0.375. The van der Waals surface area contributed by atoms with Gasteiger partial charge in [-0.1, -0.05) is 169 Å². The Morgan fingerprint density at radius 2 is 1.19 bits per heavy atom. The lowest BCUT2D eigenvalue weighted by Crippen LogP contribution is -2.53. The minimum Gasteiger partial charge on any atom is -0.456 e. The van der Waals surface area contributed by atoms with E-state index < -0.39 is 0 Å². The van der Waals surface area contributed by atoms with E-state index in [2.05, 4.69) is 197 Å². The Morgan fingerprint density at radius 3 is 1.99 bits per heavy atom. The maximum absolute atomic E-state index is 6.63. The van der Waals surface area contributed by atoms with Gasteiger partial charge in [0.1, 0.15) is 11.2 Å². The third-order valence-corrected chi connectivity index (χ3v) is 20.9. The molecule has 9 atom stereocenters. The van der Waals surface area contributed by atoms with Crippen LogP contribution in [0.5, 0.6) is 0 Å². The van der Waals surface area contributed by atoms with Gasteiger partial charge in [-0.25, -0.2) is 15.0 Å². The largest absolute Gasteiger partial charge is 0.456 e. The summed E-state index contributed by atoms with van der Waals surface area (Å²) in [6, 6.07) is 58.8. The summed E-state index contributed by atoms with van der Waals surface area (Å²) in [7, 11) is 0. The molecule has 10 aromatic rings. The average molecular weight is 1010 g/mol. The zero-order valence-corrected chi connectivity index (χ0v) is 45.9. The summed E-state index contributed by atoms with van der Waals surface area (Å²) in [6.07, 6.45) is 17.0. The van der Waals surface area contributed by atoms with Crippen LogP contribution < -0.4 is 0 Å². The van der Waals surface area contributed by atoms with Crippen molar-refractivity contribution in [2.75, 3.05) is 0 Å². The van der Waals surface area contributed by atoms with E-state index in [-0.39, 0.29) is 0 Å². The molecule has 4 aliphatic rings. The summed E-state index contributed by atoms with van der Waals surface area (Å²) in [4.78, 5) is 15.8. The van der Waals surface area contributed by atoms with Crippen LogP contribution in [0.4, 0.5) is 0 Å². The molecule has 3 aromatic heterocycles. The van der Waals surface area contributed by atoms with E-state index in [0.717, 1.165) is 96.9 Å². The molecule has 7 aromatic carbocycles. The molecule has 5 nitrogen and oxygen atoms in total. The van der Waals surface area contributed by atoms with Gasteiger partial charge in [-0.2, -0.15) is 0 Å². The van der Waals surface area contributed by atoms with Gasteiger partial charge in [0.05, 0.1) is 11.0 Å². The number of fused-ring (bicyclic) bond motifs is 11. The van der Waals surface area contributed by atoms with Crippen molar-refractivity contribution in [1.82, 2.24) is 19.5 Å². The van der Waals surface area contributed by atoms with Crippen molar-refractivity contribution < 1.29 is 4.42 Å². The minimum absolute atomic E-state index is 0.473. The minimum atomic E-state index is 0.473. The molecule has 77 heavy (non-hydrogen) atoms. The van der Waals surface area contributed by atoms with Gasteiger partial charge >= 0.3 is 0 Å². The lowest BCUT2D eigenvalue weighted by atomic mass is 9.43. The van der Waals surface area contributed by atoms with E-state index in [0.29, 0.717) is 34.2 Å². The number of furan rings is 1. The lowest BCUT2D eigenvalue weighted by Gasteiger charge is -2.61. The summed E-state index contributed by atoms with van der Waals surface area (Å²) in [6.45, 7) is 12.9. The van der Waals surface area contributed by atoms with Crippen LogP contribution in [0.25, 0.3) is 94.7 Å². The van der Waals surface area contributed by atoms with Crippen molar-refractivity contribution in [2.24, 2.45) is 52.3 Å². The van der Waals surface area contributed by atoms with Gasteiger partial charge in [0.2, 0.25) is 0 Å². The quantitative estimate of drug-likeness (QED) is 0.130. The van der Waals surface area contributed by atoms with E-state index in [1.165, 1.54) is 104 Å². The van der Waals surface area contributed by atoms with Crippen molar-refractivity contribution in [3.63, 3.8) is 0 Å². The summed E-state index contributed by atoms with van der Waals surface area (Å²) in [5.41, 5.74) is 12.9. The normalized spacial score (nSPS) is 25.6. The molecule has 0 amide bonds. The molecular weight excluding hydrogens is 937 g/mol. The molecule has 0 spiro atoms. The lowest BCUT2D eigenvalue weighted by molar-refractivity contribution is -0.117. The van der Waals surface area contributed by atoms with Crippen LogP contribution in [0.15, 0.2) is 168 Å². The van der Waals surface area contributed by atoms with E-state index in [9.17, 15) is 0 Å². The number of hydrogen-bond donors (Lipinski definition) is 0. The Balaban J connectivity index is 0.751.